The molecule has 47 heavy (non-hydrogen) atoms. The largest absolute Gasteiger partial charge is 0.449 e. The van der Waals surface area contributed by atoms with Crippen LogP contribution < -0.4 is 21.3 Å². The lowest BCUT2D eigenvalue weighted by atomic mass is 9.99. The number of thiazole rings is 2. The first kappa shape index (κ1) is 34.5. The minimum absolute atomic E-state index is 0.397. The number of para-hydroxylation sites is 2. The van der Waals surface area contributed by atoms with Gasteiger partial charge in [0.1, 0.15) is 10.0 Å². The maximum Gasteiger partial charge on any atom is 0.411 e. The Morgan fingerprint density at radius 1 is 0.745 bits per heavy atom. The molecule has 4 N–H and O–H groups in total. The molecule has 0 spiro atoms. The number of nitrogens with zero attached hydrogens (tertiary/aromatic N) is 2. The molecule has 2 aliphatic rings. The Morgan fingerprint density at radius 2 is 1.23 bits per heavy atom. The molecule has 0 atom stereocenters. The molecule has 2 aromatic heterocycles. The summed E-state index contributed by atoms with van der Waals surface area (Å²) < 4.78 is 10.8. The number of rotatable bonds is 8. The van der Waals surface area contributed by atoms with Crippen molar-refractivity contribution in [3.63, 3.8) is 0 Å². The first-order valence-corrected chi connectivity index (χ1v) is 17.8. The second-order valence-electron chi connectivity index (χ2n) is 11.9. The molecule has 10 nitrogen and oxygen atoms in total. The first-order valence-electron chi connectivity index (χ1n) is 16.2. The summed E-state index contributed by atoms with van der Waals surface area (Å²) in [7, 11) is 0. The number of carbonyl (C=O) groups excluding carboxylic acids is 2. The zero-order chi connectivity index (χ0) is 33.0. The maximum atomic E-state index is 12.1. The van der Waals surface area contributed by atoms with Crippen LogP contribution in [0.4, 0.5) is 21.0 Å². The van der Waals surface area contributed by atoms with Gasteiger partial charge in [-0.3, -0.25) is 10.6 Å². The van der Waals surface area contributed by atoms with Gasteiger partial charge in [-0.05, 0) is 109 Å². The van der Waals surface area contributed by atoms with Gasteiger partial charge in [0.15, 0.2) is 0 Å². The van der Waals surface area contributed by atoms with Crippen molar-refractivity contribution in [1.29, 1.82) is 0 Å². The van der Waals surface area contributed by atoms with Crippen LogP contribution in [0.25, 0.3) is 21.1 Å². The van der Waals surface area contributed by atoms with Gasteiger partial charge < -0.3 is 20.1 Å². The molecule has 4 heterocycles. The number of carbonyl (C=O) groups is 2. The smallest absolute Gasteiger partial charge is 0.411 e. The highest BCUT2D eigenvalue weighted by Crippen LogP contribution is 2.33. The zero-order valence-electron chi connectivity index (χ0n) is 27.3. The molecule has 6 rings (SSSR count). The Bertz CT molecular complexity index is 1590. The molecule has 0 bridgehead atoms. The number of aryl methyl sites for hydroxylation is 3. The van der Waals surface area contributed by atoms with Crippen molar-refractivity contribution in [3.05, 3.63) is 70.2 Å². The topological polar surface area (TPSA) is 127 Å². The predicted octanol–water partition coefficient (Wildman–Crippen LogP) is 7.64. The van der Waals surface area contributed by atoms with E-state index in [2.05, 4.69) is 38.2 Å². The average molecular weight is 677 g/mol. The fourth-order valence-corrected chi connectivity index (χ4v) is 7.16. The Hall–Kier alpha value is -3.84. The molecule has 2 saturated heterocycles. The van der Waals surface area contributed by atoms with E-state index in [1.165, 1.54) is 4.88 Å². The van der Waals surface area contributed by atoms with Gasteiger partial charge in [0.2, 0.25) is 0 Å². The number of ether oxygens (including phenoxy) is 2. The minimum Gasteiger partial charge on any atom is -0.449 e. The monoisotopic (exact) mass is 676 g/mol. The van der Waals surface area contributed by atoms with E-state index in [9.17, 15) is 9.59 Å². The van der Waals surface area contributed by atoms with E-state index in [1.807, 2.05) is 68.6 Å². The van der Waals surface area contributed by atoms with Crippen LogP contribution in [0.3, 0.4) is 0 Å². The quantitative estimate of drug-likeness (QED) is 0.150. The molecular formula is C35H44N6O4S2. The third-order valence-corrected chi connectivity index (χ3v) is 10.3. The van der Waals surface area contributed by atoms with Gasteiger partial charge in [-0.2, -0.15) is 0 Å². The molecule has 2 amide bonds. The van der Waals surface area contributed by atoms with Gasteiger partial charge in [0.05, 0.1) is 30.3 Å². The molecule has 2 aliphatic heterocycles. The van der Waals surface area contributed by atoms with Crippen molar-refractivity contribution < 1.29 is 19.1 Å². The van der Waals surface area contributed by atoms with E-state index >= 15 is 0 Å². The number of benzene rings is 2. The van der Waals surface area contributed by atoms with E-state index in [0.29, 0.717) is 25.0 Å². The van der Waals surface area contributed by atoms with E-state index in [-0.39, 0.29) is 0 Å². The number of hydrogen-bond acceptors (Lipinski definition) is 10. The van der Waals surface area contributed by atoms with Gasteiger partial charge in [-0.1, -0.05) is 24.3 Å². The Labute approximate surface area is 284 Å². The van der Waals surface area contributed by atoms with Crippen LogP contribution >= 0.6 is 22.7 Å². The highest BCUT2D eigenvalue weighted by Gasteiger charge is 2.18. The van der Waals surface area contributed by atoms with Crippen molar-refractivity contribution >= 4 is 46.2 Å². The number of amides is 2. The number of anilines is 2. The average Bonchev–Trinajstić information content (AvgIpc) is 3.68. The molecule has 0 unspecified atom stereocenters. The fourth-order valence-electron chi connectivity index (χ4n) is 5.40. The Kier molecular flexibility index (Phi) is 12.7. The highest BCUT2D eigenvalue weighted by atomic mass is 32.1. The van der Waals surface area contributed by atoms with Crippen LogP contribution in [-0.4, -0.2) is 61.5 Å². The fraction of sp³-hybridized carbons (Fsp3) is 0.429. The zero-order valence-corrected chi connectivity index (χ0v) is 28.9. The maximum absolute atomic E-state index is 12.1. The molecule has 4 aromatic rings. The minimum atomic E-state index is -0.399. The SMILES string of the molecule is Cc1cnc(-c2ccccc2NC(=O)OCC2CCNCC2)s1.Cc1nc(-c2ccccc2NC(=O)OCC2CCNCC2)sc1C. The Balaban J connectivity index is 0.000000185. The van der Waals surface area contributed by atoms with E-state index in [0.717, 1.165) is 95.0 Å². The number of piperidine rings is 2. The summed E-state index contributed by atoms with van der Waals surface area (Å²) in [6.07, 6.45) is 5.27. The second-order valence-corrected chi connectivity index (χ2v) is 14.3. The third kappa shape index (κ3) is 10.3. The highest BCUT2D eigenvalue weighted by molar-refractivity contribution is 7.15. The summed E-state index contributed by atoms with van der Waals surface area (Å²) >= 11 is 3.24. The van der Waals surface area contributed by atoms with Crippen molar-refractivity contribution in [2.45, 2.75) is 46.5 Å². The van der Waals surface area contributed by atoms with Crippen LogP contribution in [0.2, 0.25) is 0 Å². The molecule has 2 fully saturated rings. The van der Waals surface area contributed by atoms with E-state index in [4.69, 9.17) is 9.47 Å². The standard InChI is InChI=1S/C18H23N3O2S.C17H21N3O2S/c1-12-13(2)24-17(20-12)15-5-3-4-6-16(15)21-18(22)23-11-14-7-9-19-10-8-14;1-12-10-19-16(23-12)14-4-2-3-5-15(14)20-17(21)22-11-13-6-8-18-9-7-13/h3-6,14,19H,7-11H2,1-2H3,(H,21,22);2-5,10,13,18H,6-9,11H2,1H3,(H,20,21). The van der Waals surface area contributed by atoms with Gasteiger partial charge in [-0.25, -0.2) is 19.6 Å². The summed E-state index contributed by atoms with van der Waals surface area (Å²) in [5.74, 6) is 0.912. The third-order valence-electron chi connectivity index (χ3n) is 8.26. The van der Waals surface area contributed by atoms with Gasteiger partial charge in [-0.15, -0.1) is 22.7 Å². The van der Waals surface area contributed by atoms with Crippen LogP contribution in [0, 0.1) is 32.6 Å². The molecule has 0 aliphatic carbocycles. The first-order chi connectivity index (χ1) is 22.9. The molecule has 0 saturated carbocycles. The summed E-state index contributed by atoms with van der Waals surface area (Å²) in [4.78, 5) is 35.5. The summed E-state index contributed by atoms with van der Waals surface area (Å²) in [5.41, 5.74) is 4.35. The lowest BCUT2D eigenvalue weighted by Crippen LogP contribution is -2.31. The van der Waals surface area contributed by atoms with Crippen molar-refractivity contribution in [3.8, 4) is 21.1 Å². The van der Waals surface area contributed by atoms with Crippen molar-refractivity contribution in [2.75, 3.05) is 50.0 Å². The molecular weight excluding hydrogens is 633 g/mol. The van der Waals surface area contributed by atoms with Crippen LogP contribution in [0.15, 0.2) is 54.7 Å². The van der Waals surface area contributed by atoms with Crippen LogP contribution in [-0.2, 0) is 9.47 Å². The van der Waals surface area contributed by atoms with Crippen molar-refractivity contribution in [1.82, 2.24) is 20.6 Å². The van der Waals surface area contributed by atoms with Gasteiger partial charge in [0, 0.05) is 27.1 Å². The van der Waals surface area contributed by atoms with E-state index in [1.54, 1.807) is 22.7 Å². The van der Waals surface area contributed by atoms with E-state index < -0.39 is 12.2 Å². The molecule has 12 heteroatoms. The normalized spacial score (nSPS) is 15.3. The Morgan fingerprint density at radius 3 is 1.68 bits per heavy atom. The predicted molar refractivity (Wildman–Crippen MR) is 190 cm³/mol. The summed E-state index contributed by atoms with van der Waals surface area (Å²) in [6.45, 7) is 11.0. The lowest BCUT2D eigenvalue weighted by Gasteiger charge is -2.22. The molecule has 250 valence electrons. The number of hydrogen-bond donors (Lipinski definition) is 4. The van der Waals surface area contributed by atoms with Gasteiger partial charge in [0.25, 0.3) is 0 Å². The van der Waals surface area contributed by atoms with Crippen LogP contribution in [0.1, 0.15) is 41.1 Å². The second kappa shape index (κ2) is 17.4. The number of nitrogens with one attached hydrogen (secondary N) is 4. The number of aromatic nitrogens is 2. The van der Waals surface area contributed by atoms with Crippen molar-refractivity contribution in [2.24, 2.45) is 11.8 Å². The summed E-state index contributed by atoms with van der Waals surface area (Å²) in [6, 6.07) is 15.4. The lowest BCUT2D eigenvalue weighted by molar-refractivity contribution is 0.130. The summed E-state index contributed by atoms with van der Waals surface area (Å²) in [5, 5.41) is 14.2. The van der Waals surface area contributed by atoms with Crippen LogP contribution in [0.5, 0.6) is 0 Å². The molecule has 2 aromatic carbocycles. The molecule has 0 radical (unpaired) electrons. The van der Waals surface area contributed by atoms with Gasteiger partial charge >= 0.3 is 12.2 Å².